The second-order valence-corrected chi connectivity index (χ2v) is 6.67. The van der Waals surface area contributed by atoms with Crippen molar-refractivity contribution in [1.29, 1.82) is 0 Å². The molecular weight excluding hydrogens is 377 g/mol. The van der Waals surface area contributed by atoms with Gasteiger partial charge >= 0.3 is 0 Å². The van der Waals surface area contributed by atoms with Crippen molar-refractivity contribution in [2.24, 2.45) is 0 Å². The highest BCUT2D eigenvalue weighted by molar-refractivity contribution is 9.10. The Morgan fingerprint density at radius 2 is 2.10 bits per heavy atom. The van der Waals surface area contributed by atoms with Gasteiger partial charge in [-0.1, -0.05) is 29.3 Å². The quantitative estimate of drug-likeness (QED) is 0.845. The summed E-state index contributed by atoms with van der Waals surface area (Å²) in [7, 11) is 3.98. The first-order chi connectivity index (χ1) is 9.90. The molecule has 1 heterocycles. The lowest BCUT2D eigenvalue weighted by Gasteiger charge is -2.17. The second-order valence-electron chi connectivity index (χ2n) is 4.97. The molecule has 7 heteroatoms. The highest BCUT2D eigenvalue weighted by atomic mass is 79.9. The van der Waals surface area contributed by atoms with Crippen molar-refractivity contribution in [3.8, 4) is 0 Å². The summed E-state index contributed by atoms with van der Waals surface area (Å²) >= 11 is 15.5. The molecule has 1 unspecified atom stereocenters. The first-order valence-electron chi connectivity index (χ1n) is 6.39. The van der Waals surface area contributed by atoms with Crippen molar-refractivity contribution >= 4 is 39.1 Å². The van der Waals surface area contributed by atoms with Gasteiger partial charge in [0, 0.05) is 22.2 Å². The van der Waals surface area contributed by atoms with E-state index in [0.29, 0.717) is 27.8 Å². The standard InChI is InChI=1S/C14H16BrCl2N3O/c1-19(2)5-6-20-13(11(15)8-18-20)14(21)10-4-3-9(16)7-12(10)17/h3-4,7-8,14,21H,5-6H2,1-2H3. The molecule has 0 bridgehead atoms. The summed E-state index contributed by atoms with van der Waals surface area (Å²) in [5, 5.41) is 15.9. The molecule has 0 aliphatic rings. The molecule has 0 fully saturated rings. The molecule has 21 heavy (non-hydrogen) atoms. The van der Waals surface area contributed by atoms with Gasteiger partial charge in [-0.05, 0) is 42.2 Å². The number of hydrogen-bond donors (Lipinski definition) is 1. The Morgan fingerprint density at radius 3 is 2.71 bits per heavy atom. The van der Waals surface area contributed by atoms with E-state index in [9.17, 15) is 5.11 Å². The van der Waals surface area contributed by atoms with Gasteiger partial charge in [0.1, 0.15) is 6.10 Å². The van der Waals surface area contributed by atoms with Crippen LogP contribution in [0.3, 0.4) is 0 Å². The van der Waals surface area contributed by atoms with Gasteiger partial charge in [0.05, 0.1) is 22.9 Å². The number of halogens is 3. The van der Waals surface area contributed by atoms with Gasteiger partial charge in [0.25, 0.3) is 0 Å². The normalized spacial score (nSPS) is 12.9. The van der Waals surface area contributed by atoms with E-state index < -0.39 is 6.10 Å². The van der Waals surface area contributed by atoms with Crippen molar-refractivity contribution < 1.29 is 5.11 Å². The number of aromatic nitrogens is 2. The summed E-state index contributed by atoms with van der Waals surface area (Å²) < 4.78 is 2.53. The maximum absolute atomic E-state index is 10.6. The molecule has 2 rings (SSSR count). The van der Waals surface area contributed by atoms with Crippen LogP contribution in [0.2, 0.25) is 10.0 Å². The predicted molar refractivity (Wildman–Crippen MR) is 89.0 cm³/mol. The number of aliphatic hydroxyl groups is 1. The summed E-state index contributed by atoms with van der Waals surface area (Å²) in [5.41, 5.74) is 1.29. The molecule has 1 atom stereocenters. The Kier molecular flexibility index (Phi) is 5.68. The fraction of sp³-hybridized carbons (Fsp3) is 0.357. The zero-order valence-corrected chi connectivity index (χ0v) is 14.8. The molecule has 1 N–H and O–H groups in total. The van der Waals surface area contributed by atoms with Gasteiger partial charge in [-0.15, -0.1) is 0 Å². The number of nitrogens with zero attached hydrogens (tertiary/aromatic N) is 3. The first-order valence-corrected chi connectivity index (χ1v) is 7.94. The third kappa shape index (κ3) is 3.99. The molecule has 1 aromatic heterocycles. The van der Waals surface area contributed by atoms with Gasteiger partial charge in [0.2, 0.25) is 0 Å². The van der Waals surface area contributed by atoms with Crippen molar-refractivity contribution in [2.45, 2.75) is 12.6 Å². The summed E-state index contributed by atoms with van der Waals surface area (Å²) in [5.74, 6) is 0. The van der Waals surface area contributed by atoms with Crippen molar-refractivity contribution in [3.05, 3.63) is 50.2 Å². The van der Waals surface area contributed by atoms with E-state index in [2.05, 4.69) is 25.9 Å². The smallest absolute Gasteiger partial charge is 0.123 e. The monoisotopic (exact) mass is 391 g/mol. The van der Waals surface area contributed by atoms with Crippen molar-refractivity contribution in [2.75, 3.05) is 20.6 Å². The van der Waals surface area contributed by atoms with Crippen LogP contribution < -0.4 is 0 Å². The third-order valence-electron chi connectivity index (χ3n) is 3.11. The Bertz CT molecular complexity index is 631. The van der Waals surface area contributed by atoms with Crippen LogP contribution in [-0.2, 0) is 6.54 Å². The van der Waals surface area contributed by atoms with Gasteiger partial charge in [-0.25, -0.2) is 0 Å². The summed E-state index contributed by atoms with van der Waals surface area (Å²) in [4.78, 5) is 2.06. The van der Waals surface area contributed by atoms with Crippen molar-refractivity contribution in [3.63, 3.8) is 0 Å². The van der Waals surface area contributed by atoms with Crippen LogP contribution in [0.5, 0.6) is 0 Å². The minimum Gasteiger partial charge on any atom is -0.382 e. The number of aliphatic hydroxyl groups excluding tert-OH is 1. The minimum absolute atomic E-state index is 0.433. The largest absolute Gasteiger partial charge is 0.382 e. The summed E-state index contributed by atoms with van der Waals surface area (Å²) in [6.45, 7) is 1.50. The lowest BCUT2D eigenvalue weighted by Crippen LogP contribution is -2.21. The molecule has 0 spiro atoms. The fourth-order valence-corrected chi connectivity index (χ4v) is 3.01. The average Bonchev–Trinajstić information content (AvgIpc) is 2.77. The van der Waals surface area contributed by atoms with Gasteiger partial charge in [0.15, 0.2) is 0 Å². The first kappa shape index (κ1) is 16.8. The van der Waals surface area contributed by atoms with Gasteiger partial charge in [-0.3, -0.25) is 4.68 Å². The molecule has 0 saturated heterocycles. The Balaban J connectivity index is 2.34. The molecule has 0 saturated carbocycles. The van der Waals surface area contributed by atoms with Crippen LogP contribution in [0, 0.1) is 0 Å². The number of rotatable bonds is 5. The summed E-state index contributed by atoms with van der Waals surface area (Å²) in [6, 6.07) is 5.06. The molecule has 2 aromatic rings. The van der Waals surface area contributed by atoms with E-state index in [4.69, 9.17) is 23.2 Å². The predicted octanol–water partition coefficient (Wildman–Crippen LogP) is 3.60. The third-order valence-corrected chi connectivity index (χ3v) is 4.28. The highest BCUT2D eigenvalue weighted by Crippen LogP contribution is 2.33. The van der Waals surface area contributed by atoms with E-state index in [1.165, 1.54) is 0 Å². The molecule has 114 valence electrons. The van der Waals surface area contributed by atoms with Crippen LogP contribution in [0.15, 0.2) is 28.9 Å². The highest BCUT2D eigenvalue weighted by Gasteiger charge is 2.21. The second kappa shape index (κ2) is 7.11. The van der Waals surface area contributed by atoms with Crippen LogP contribution in [-0.4, -0.2) is 40.4 Å². The van der Waals surface area contributed by atoms with Gasteiger partial charge < -0.3 is 10.0 Å². The molecule has 4 nitrogen and oxygen atoms in total. The number of likely N-dealkylation sites (N-methyl/N-ethyl adjacent to an activating group) is 1. The van der Waals surface area contributed by atoms with E-state index in [-0.39, 0.29) is 0 Å². The fourth-order valence-electron chi connectivity index (χ4n) is 1.99. The zero-order valence-electron chi connectivity index (χ0n) is 11.7. The Morgan fingerprint density at radius 1 is 1.38 bits per heavy atom. The Labute approximate surface area is 142 Å². The molecule has 0 radical (unpaired) electrons. The molecule has 0 aliphatic heterocycles. The topological polar surface area (TPSA) is 41.3 Å². The summed E-state index contributed by atoms with van der Waals surface area (Å²) in [6.07, 6.45) is 0.812. The van der Waals surface area contributed by atoms with Crippen LogP contribution in [0.1, 0.15) is 17.4 Å². The van der Waals surface area contributed by atoms with Crippen LogP contribution in [0.25, 0.3) is 0 Å². The lowest BCUT2D eigenvalue weighted by atomic mass is 10.1. The minimum atomic E-state index is -0.867. The van der Waals surface area contributed by atoms with E-state index in [0.717, 1.165) is 11.0 Å². The molecule has 0 amide bonds. The maximum atomic E-state index is 10.6. The molecular formula is C14H16BrCl2N3O. The number of hydrogen-bond acceptors (Lipinski definition) is 3. The Hall–Kier alpha value is -0.590. The molecule has 0 aliphatic carbocycles. The zero-order chi connectivity index (χ0) is 15.6. The number of benzene rings is 1. The molecule has 1 aromatic carbocycles. The average molecular weight is 393 g/mol. The van der Waals surface area contributed by atoms with Gasteiger partial charge in [-0.2, -0.15) is 5.10 Å². The SMILES string of the molecule is CN(C)CCn1ncc(Br)c1C(O)c1ccc(Cl)cc1Cl. The van der Waals surface area contributed by atoms with E-state index >= 15 is 0 Å². The van der Waals surface area contributed by atoms with E-state index in [1.807, 2.05) is 14.1 Å². The van der Waals surface area contributed by atoms with Crippen LogP contribution in [0.4, 0.5) is 0 Å². The van der Waals surface area contributed by atoms with Crippen molar-refractivity contribution in [1.82, 2.24) is 14.7 Å². The van der Waals surface area contributed by atoms with E-state index in [1.54, 1.807) is 29.1 Å². The van der Waals surface area contributed by atoms with Crippen LogP contribution >= 0.6 is 39.1 Å². The maximum Gasteiger partial charge on any atom is 0.123 e. The lowest BCUT2D eigenvalue weighted by molar-refractivity contribution is 0.205.